The number of benzene rings is 1. The third-order valence-corrected chi connectivity index (χ3v) is 6.33. The summed E-state index contributed by atoms with van der Waals surface area (Å²) in [7, 11) is -0.699. The van der Waals surface area contributed by atoms with Crippen molar-refractivity contribution in [1.82, 2.24) is 5.32 Å². The molecule has 25 heavy (non-hydrogen) atoms. The summed E-state index contributed by atoms with van der Waals surface area (Å²) < 4.78 is 17.0. The van der Waals surface area contributed by atoms with Gasteiger partial charge >= 0.3 is 6.09 Å². The molecule has 2 atom stereocenters. The summed E-state index contributed by atoms with van der Waals surface area (Å²) in [6.45, 7) is 3.38. The van der Waals surface area contributed by atoms with Gasteiger partial charge in [0, 0.05) is 48.0 Å². The Morgan fingerprint density at radius 1 is 1.36 bits per heavy atom. The fourth-order valence-electron chi connectivity index (χ4n) is 3.78. The van der Waals surface area contributed by atoms with Gasteiger partial charge in [0.05, 0.1) is 18.3 Å². The Balaban J connectivity index is 1.53. The van der Waals surface area contributed by atoms with Crippen LogP contribution in [0.3, 0.4) is 0 Å². The van der Waals surface area contributed by atoms with E-state index in [9.17, 15) is 13.8 Å². The van der Waals surface area contributed by atoms with Gasteiger partial charge in [-0.1, -0.05) is 0 Å². The average molecular weight is 363 g/mol. The molecule has 2 amide bonds. The van der Waals surface area contributed by atoms with Gasteiger partial charge in [-0.2, -0.15) is 0 Å². The second kappa shape index (κ2) is 6.33. The molecular weight excluding hydrogens is 342 g/mol. The number of carbonyl (C=O) groups is 2. The number of amides is 2. The maximum atomic E-state index is 12.2. The van der Waals surface area contributed by atoms with Crippen molar-refractivity contribution >= 4 is 34.2 Å². The maximum Gasteiger partial charge on any atom is 0.415 e. The lowest BCUT2D eigenvalue weighted by molar-refractivity contribution is -0.119. The van der Waals surface area contributed by atoms with E-state index in [1.54, 1.807) is 4.90 Å². The normalized spacial score (nSPS) is 25.6. The zero-order valence-corrected chi connectivity index (χ0v) is 14.9. The predicted molar refractivity (Wildman–Crippen MR) is 95.5 cm³/mol. The van der Waals surface area contributed by atoms with Gasteiger partial charge in [0.1, 0.15) is 6.10 Å². The van der Waals surface area contributed by atoms with Crippen molar-refractivity contribution in [3.63, 3.8) is 0 Å². The Kier molecular flexibility index (Phi) is 4.15. The molecule has 7 nitrogen and oxygen atoms in total. The summed E-state index contributed by atoms with van der Waals surface area (Å²) >= 11 is 0. The van der Waals surface area contributed by atoms with Crippen LogP contribution in [0, 0.1) is 0 Å². The molecule has 3 aliphatic heterocycles. The SMILES string of the molecule is CC(=O)NC[C@@H]1OC(=O)N2c3ccc(N4CCS(=O)CC4)cc3C[C@@H]12. The van der Waals surface area contributed by atoms with E-state index in [1.807, 2.05) is 12.1 Å². The smallest absolute Gasteiger partial charge is 0.415 e. The van der Waals surface area contributed by atoms with E-state index in [-0.39, 0.29) is 24.1 Å². The van der Waals surface area contributed by atoms with E-state index in [0.717, 1.165) is 36.4 Å². The van der Waals surface area contributed by atoms with Crippen molar-refractivity contribution in [2.24, 2.45) is 0 Å². The van der Waals surface area contributed by atoms with Crippen LogP contribution in [-0.4, -0.2) is 59.5 Å². The molecule has 0 bridgehead atoms. The first kappa shape index (κ1) is 16.4. The Hall–Kier alpha value is -2.09. The average Bonchev–Trinajstić information content (AvgIpc) is 3.11. The number of rotatable bonds is 3. The van der Waals surface area contributed by atoms with Crippen LogP contribution in [-0.2, 0) is 26.8 Å². The zero-order chi connectivity index (χ0) is 17.6. The Labute approximate surface area is 148 Å². The molecule has 1 N–H and O–H groups in total. The maximum absolute atomic E-state index is 12.2. The molecule has 0 aliphatic carbocycles. The van der Waals surface area contributed by atoms with Gasteiger partial charge in [-0.05, 0) is 30.2 Å². The molecule has 2 fully saturated rings. The molecule has 0 radical (unpaired) electrons. The Bertz CT molecular complexity index is 743. The monoisotopic (exact) mass is 363 g/mol. The number of nitrogens with one attached hydrogen (secondary N) is 1. The quantitative estimate of drug-likeness (QED) is 0.853. The highest BCUT2D eigenvalue weighted by molar-refractivity contribution is 7.85. The molecule has 134 valence electrons. The summed E-state index contributed by atoms with van der Waals surface area (Å²) in [5.74, 6) is 1.28. The first-order chi connectivity index (χ1) is 12.0. The number of ether oxygens (including phenoxy) is 1. The molecule has 4 rings (SSSR count). The molecule has 0 saturated carbocycles. The summed E-state index contributed by atoms with van der Waals surface area (Å²) in [5.41, 5.74) is 3.13. The summed E-state index contributed by atoms with van der Waals surface area (Å²) in [4.78, 5) is 27.3. The van der Waals surface area contributed by atoms with Gasteiger partial charge in [0.25, 0.3) is 0 Å². The number of anilines is 2. The lowest BCUT2D eigenvalue weighted by atomic mass is 10.0. The first-order valence-electron chi connectivity index (χ1n) is 8.50. The standard InChI is InChI=1S/C17H21N3O4S/c1-11(21)18-10-16-15-9-12-8-13(19-4-6-25(23)7-5-19)2-3-14(12)20(15)17(22)24-16/h2-3,8,15-16H,4-7,9-10H2,1H3,(H,18,21)/t15-,16-/m0/s1. The van der Waals surface area contributed by atoms with E-state index >= 15 is 0 Å². The van der Waals surface area contributed by atoms with Crippen LogP contribution in [0.4, 0.5) is 16.2 Å². The molecule has 2 saturated heterocycles. The first-order valence-corrected chi connectivity index (χ1v) is 9.99. The minimum absolute atomic E-state index is 0.0709. The van der Waals surface area contributed by atoms with Crippen LogP contribution in [0.25, 0.3) is 0 Å². The van der Waals surface area contributed by atoms with E-state index < -0.39 is 10.8 Å². The minimum Gasteiger partial charge on any atom is -0.442 e. The second-order valence-electron chi connectivity index (χ2n) is 6.65. The molecule has 3 aliphatic rings. The Morgan fingerprint density at radius 2 is 2.12 bits per heavy atom. The van der Waals surface area contributed by atoms with E-state index in [4.69, 9.17) is 4.74 Å². The largest absolute Gasteiger partial charge is 0.442 e. The number of nitrogens with zero attached hydrogens (tertiary/aromatic N) is 2. The molecule has 1 aromatic rings. The molecular formula is C17H21N3O4S. The molecule has 1 aromatic carbocycles. The van der Waals surface area contributed by atoms with Crippen molar-refractivity contribution in [3.05, 3.63) is 23.8 Å². The minimum atomic E-state index is -0.699. The van der Waals surface area contributed by atoms with Crippen molar-refractivity contribution < 1.29 is 18.5 Å². The predicted octanol–water partition coefficient (Wildman–Crippen LogP) is 0.641. The zero-order valence-electron chi connectivity index (χ0n) is 14.1. The van der Waals surface area contributed by atoms with Gasteiger partial charge in [-0.25, -0.2) is 4.79 Å². The van der Waals surface area contributed by atoms with Gasteiger partial charge in [-0.15, -0.1) is 0 Å². The number of hydrogen-bond donors (Lipinski definition) is 1. The molecule has 0 aromatic heterocycles. The van der Waals surface area contributed by atoms with Crippen molar-refractivity contribution in [3.8, 4) is 0 Å². The lowest BCUT2D eigenvalue weighted by Gasteiger charge is -2.29. The summed E-state index contributed by atoms with van der Waals surface area (Å²) in [6.07, 6.45) is 0.0451. The van der Waals surface area contributed by atoms with E-state index in [0.29, 0.717) is 18.1 Å². The van der Waals surface area contributed by atoms with Crippen molar-refractivity contribution in [2.75, 3.05) is 40.9 Å². The highest BCUT2D eigenvalue weighted by Crippen LogP contribution is 2.40. The fourth-order valence-corrected chi connectivity index (χ4v) is 4.83. The van der Waals surface area contributed by atoms with Gasteiger partial charge < -0.3 is 15.0 Å². The van der Waals surface area contributed by atoms with Crippen LogP contribution in [0.5, 0.6) is 0 Å². The highest BCUT2D eigenvalue weighted by atomic mass is 32.2. The van der Waals surface area contributed by atoms with Crippen LogP contribution in [0.15, 0.2) is 18.2 Å². The molecule has 0 spiro atoms. The fraction of sp³-hybridized carbons (Fsp3) is 0.529. The second-order valence-corrected chi connectivity index (χ2v) is 8.35. The Morgan fingerprint density at radius 3 is 2.84 bits per heavy atom. The third kappa shape index (κ3) is 2.99. The number of cyclic esters (lactones) is 1. The van der Waals surface area contributed by atoms with Crippen LogP contribution < -0.4 is 15.1 Å². The lowest BCUT2D eigenvalue weighted by Crippen LogP contribution is -2.40. The number of hydrogen-bond acceptors (Lipinski definition) is 5. The van der Waals surface area contributed by atoms with Crippen LogP contribution in [0.1, 0.15) is 12.5 Å². The van der Waals surface area contributed by atoms with Gasteiger partial charge in [-0.3, -0.25) is 13.9 Å². The molecule has 8 heteroatoms. The highest BCUT2D eigenvalue weighted by Gasteiger charge is 2.47. The third-order valence-electron chi connectivity index (χ3n) is 5.06. The summed E-state index contributed by atoms with van der Waals surface area (Å²) in [6, 6.07) is 6.05. The van der Waals surface area contributed by atoms with E-state index in [2.05, 4.69) is 16.3 Å². The topological polar surface area (TPSA) is 79.0 Å². The van der Waals surface area contributed by atoms with E-state index in [1.165, 1.54) is 6.92 Å². The van der Waals surface area contributed by atoms with Crippen molar-refractivity contribution in [2.45, 2.75) is 25.5 Å². The van der Waals surface area contributed by atoms with Crippen LogP contribution in [0.2, 0.25) is 0 Å². The molecule has 0 unspecified atom stereocenters. The molecule has 3 heterocycles. The van der Waals surface area contributed by atoms with Crippen molar-refractivity contribution in [1.29, 1.82) is 0 Å². The van der Waals surface area contributed by atoms with Crippen LogP contribution >= 0.6 is 0 Å². The summed E-state index contributed by atoms with van der Waals surface area (Å²) in [5, 5.41) is 2.73. The number of carbonyl (C=O) groups excluding carboxylic acids is 2. The number of fused-ring (bicyclic) bond motifs is 3. The van der Waals surface area contributed by atoms with Gasteiger partial charge in [0.15, 0.2) is 0 Å². The van der Waals surface area contributed by atoms with Gasteiger partial charge in [0.2, 0.25) is 5.91 Å².